The van der Waals surface area contributed by atoms with Crippen molar-refractivity contribution in [2.24, 2.45) is 11.8 Å². The van der Waals surface area contributed by atoms with E-state index in [2.05, 4.69) is 5.32 Å². The minimum Gasteiger partial charge on any atom is -0.481 e. The minimum absolute atomic E-state index is 0.112. The molecule has 0 aliphatic heterocycles. The maximum atomic E-state index is 12.3. The Morgan fingerprint density at radius 1 is 1.24 bits per heavy atom. The number of amides is 2. The summed E-state index contributed by atoms with van der Waals surface area (Å²) in [6, 6.07) is 0.205. The first-order valence-electron chi connectivity index (χ1n) is 8.23. The van der Waals surface area contributed by atoms with Crippen molar-refractivity contribution in [3.8, 4) is 0 Å². The van der Waals surface area contributed by atoms with E-state index in [0.29, 0.717) is 24.9 Å². The van der Waals surface area contributed by atoms with Crippen LogP contribution in [0.1, 0.15) is 59.3 Å². The average molecular weight is 298 g/mol. The Morgan fingerprint density at radius 3 is 2.33 bits per heavy atom. The van der Waals surface area contributed by atoms with E-state index in [1.165, 1.54) is 19.3 Å². The standard InChI is InChI=1S/C16H30N2O3/c1-4-18(14-8-6-5-7-9-14)16(21)17-11-13(15(19)20)10-12(2)3/h12-14H,4-11H2,1-3H3,(H,17,21)(H,19,20). The molecule has 0 aromatic heterocycles. The van der Waals surface area contributed by atoms with Crippen LogP contribution >= 0.6 is 0 Å². The highest BCUT2D eigenvalue weighted by molar-refractivity contribution is 5.76. The zero-order valence-corrected chi connectivity index (χ0v) is 13.6. The first kappa shape index (κ1) is 17.8. The summed E-state index contributed by atoms with van der Waals surface area (Å²) in [5.41, 5.74) is 0. The molecular weight excluding hydrogens is 268 g/mol. The van der Waals surface area contributed by atoms with E-state index in [-0.39, 0.29) is 12.6 Å². The second kappa shape index (κ2) is 8.90. The highest BCUT2D eigenvalue weighted by Gasteiger charge is 2.25. The summed E-state index contributed by atoms with van der Waals surface area (Å²) >= 11 is 0. The molecule has 1 fully saturated rings. The monoisotopic (exact) mass is 298 g/mol. The van der Waals surface area contributed by atoms with Gasteiger partial charge in [0.1, 0.15) is 0 Å². The third-order valence-electron chi connectivity index (χ3n) is 4.22. The van der Waals surface area contributed by atoms with E-state index in [9.17, 15) is 14.7 Å². The van der Waals surface area contributed by atoms with Crippen LogP contribution in [0.2, 0.25) is 0 Å². The molecule has 0 saturated heterocycles. The number of rotatable bonds is 7. The van der Waals surface area contributed by atoms with Crippen LogP contribution in [0.4, 0.5) is 4.79 Å². The Balaban J connectivity index is 2.50. The molecule has 1 aliphatic carbocycles. The minimum atomic E-state index is -0.829. The average Bonchev–Trinajstić information content (AvgIpc) is 2.44. The van der Waals surface area contributed by atoms with Gasteiger partial charge in [0.25, 0.3) is 0 Å². The number of carboxylic acids is 1. The number of carbonyl (C=O) groups excluding carboxylic acids is 1. The molecule has 1 atom stereocenters. The first-order valence-corrected chi connectivity index (χ1v) is 8.23. The van der Waals surface area contributed by atoms with E-state index >= 15 is 0 Å². The number of nitrogens with one attached hydrogen (secondary N) is 1. The fraction of sp³-hybridized carbons (Fsp3) is 0.875. The summed E-state index contributed by atoms with van der Waals surface area (Å²) in [4.78, 5) is 25.4. The molecule has 0 aromatic carbocycles. The molecule has 122 valence electrons. The molecule has 0 aromatic rings. The van der Waals surface area contributed by atoms with Crippen LogP contribution in [-0.2, 0) is 4.79 Å². The van der Waals surface area contributed by atoms with Crippen LogP contribution in [0, 0.1) is 11.8 Å². The fourth-order valence-electron chi connectivity index (χ4n) is 3.11. The van der Waals surface area contributed by atoms with Gasteiger partial charge in [0.05, 0.1) is 5.92 Å². The van der Waals surface area contributed by atoms with Crippen molar-refractivity contribution < 1.29 is 14.7 Å². The third-order valence-corrected chi connectivity index (χ3v) is 4.22. The number of hydrogen-bond acceptors (Lipinski definition) is 2. The van der Waals surface area contributed by atoms with Crippen molar-refractivity contribution in [2.45, 2.75) is 65.3 Å². The molecule has 0 heterocycles. The van der Waals surface area contributed by atoms with Crippen LogP contribution in [0.3, 0.4) is 0 Å². The van der Waals surface area contributed by atoms with Crippen molar-refractivity contribution in [3.63, 3.8) is 0 Å². The van der Waals surface area contributed by atoms with E-state index in [4.69, 9.17) is 0 Å². The zero-order chi connectivity index (χ0) is 15.8. The highest BCUT2D eigenvalue weighted by Crippen LogP contribution is 2.22. The molecule has 2 amide bonds. The smallest absolute Gasteiger partial charge is 0.317 e. The number of urea groups is 1. The summed E-state index contributed by atoms with van der Waals surface area (Å²) in [6.45, 7) is 6.88. The van der Waals surface area contributed by atoms with Crippen molar-refractivity contribution in [3.05, 3.63) is 0 Å². The molecule has 1 rings (SSSR count). The number of hydrogen-bond donors (Lipinski definition) is 2. The summed E-state index contributed by atoms with van der Waals surface area (Å²) in [5.74, 6) is -1.02. The Kier molecular flexibility index (Phi) is 7.54. The molecule has 1 aliphatic rings. The second-order valence-electron chi connectivity index (χ2n) is 6.43. The van der Waals surface area contributed by atoms with Gasteiger partial charge in [0, 0.05) is 19.1 Å². The summed E-state index contributed by atoms with van der Waals surface area (Å²) in [7, 11) is 0. The van der Waals surface area contributed by atoms with Gasteiger partial charge < -0.3 is 15.3 Å². The molecular formula is C16H30N2O3. The molecule has 0 radical (unpaired) electrons. The molecule has 21 heavy (non-hydrogen) atoms. The number of nitrogens with zero attached hydrogens (tertiary/aromatic N) is 1. The van der Waals surface area contributed by atoms with Gasteiger partial charge in [-0.05, 0) is 32.1 Å². The molecule has 5 heteroatoms. The highest BCUT2D eigenvalue weighted by atomic mass is 16.4. The number of aliphatic carboxylic acids is 1. The zero-order valence-electron chi connectivity index (χ0n) is 13.6. The SMILES string of the molecule is CCN(C(=O)NCC(CC(C)C)C(=O)O)C1CCCCC1. The molecule has 1 saturated carbocycles. The fourth-order valence-corrected chi connectivity index (χ4v) is 3.11. The van der Waals surface area contributed by atoms with Gasteiger partial charge in [0.15, 0.2) is 0 Å². The molecule has 1 unspecified atom stereocenters. The maximum absolute atomic E-state index is 12.3. The van der Waals surface area contributed by atoms with Crippen LogP contribution < -0.4 is 5.32 Å². The van der Waals surface area contributed by atoms with Crippen LogP contribution in [0.15, 0.2) is 0 Å². The van der Waals surface area contributed by atoms with Crippen molar-refractivity contribution >= 4 is 12.0 Å². The topological polar surface area (TPSA) is 69.6 Å². The number of carbonyl (C=O) groups is 2. The third kappa shape index (κ3) is 5.94. The lowest BCUT2D eigenvalue weighted by Gasteiger charge is -2.33. The lowest BCUT2D eigenvalue weighted by molar-refractivity contribution is -0.142. The predicted molar refractivity (Wildman–Crippen MR) is 83.2 cm³/mol. The van der Waals surface area contributed by atoms with E-state index in [1.54, 1.807) is 0 Å². The maximum Gasteiger partial charge on any atom is 0.317 e. The van der Waals surface area contributed by atoms with E-state index < -0.39 is 11.9 Å². The largest absolute Gasteiger partial charge is 0.481 e. The van der Waals surface area contributed by atoms with E-state index in [0.717, 1.165) is 12.8 Å². The van der Waals surface area contributed by atoms with Crippen molar-refractivity contribution in [1.82, 2.24) is 10.2 Å². The van der Waals surface area contributed by atoms with Crippen molar-refractivity contribution in [1.29, 1.82) is 0 Å². The Bertz CT molecular complexity index is 338. The van der Waals surface area contributed by atoms with Gasteiger partial charge in [-0.25, -0.2) is 4.79 Å². The lowest BCUT2D eigenvalue weighted by Crippen LogP contribution is -2.48. The Labute approximate surface area is 128 Å². The lowest BCUT2D eigenvalue weighted by atomic mass is 9.94. The molecule has 0 spiro atoms. The van der Waals surface area contributed by atoms with Crippen LogP contribution in [-0.4, -0.2) is 41.1 Å². The summed E-state index contributed by atoms with van der Waals surface area (Å²) in [5, 5.41) is 12.0. The Hall–Kier alpha value is -1.26. The van der Waals surface area contributed by atoms with Crippen molar-refractivity contribution in [2.75, 3.05) is 13.1 Å². The Morgan fingerprint density at radius 2 is 1.86 bits per heavy atom. The predicted octanol–water partition coefficient (Wildman–Crippen LogP) is 3.10. The van der Waals surface area contributed by atoms with Crippen LogP contribution in [0.5, 0.6) is 0 Å². The van der Waals surface area contributed by atoms with E-state index in [1.807, 2.05) is 25.7 Å². The second-order valence-corrected chi connectivity index (χ2v) is 6.43. The van der Waals surface area contributed by atoms with Gasteiger partial charge in [-0.15, -0.1) is 0 Å². The van der Waals surface area contributed by atoms with Gasteiger partial charge in [-0.1, -0.05) is 33.1 Å². The quantitative estimate of drug-likeness (QED) is 0.759. The molecule has 0 bridgehead atoms. The van der Waals surface area contributed by atoms with Gasteiger partial charge in [-0.2, -0.15) is 0 Å². The molecule has 2 N–H and O–H groups in total. The first-order chi connectivity index (χ1) is 9.95. The van der Waals surface area contributed by atoms with Gasteiger partial charge >= 0.3 is 12.0 Å². The summed E-state index contributed by atoms with van der Waals surface area (Å²) < 4.78 is 0. The number of carboxylic acid groups (broad SMARTS) is 1. The van der Waals surface area contributed by atoms with Gasteiger partial charge in [-0.3, -0.25) is 4.79 Å². The normalized spacial score (nSPS) is 17.5. The van der Waals surface area contributed by atoms with Crippen LogP contribution in [0.25, 0.3) is 0 Å². The summed E-state index contributed by atoms with van der Waals surface area (Å²) in [6.07, 6.45) is 6.33. The van der Waals surface area contributed by atoms with Gasteiger partial charge in [0.2, 0.25) is 0 Å². The molecule has 5 nitrogen and oxygen atoms in total.